The van der Waals surface area contributed by atoms with Crippen LogP contribution in [0, 0.1) is 13.8 Å². The van der Waals surface area contributed by atoms with Crippen molar-refractivity contribution in [2.45, 2.75) is 51.6 Å². The molecule has 2 N–H and O–H groups in total. The summed E-state index contributed by atoms with van der Waals surface area (Å²) < 4.78 is 59.1. The zero-order valence-corrected chi connectivity index (χ0v) is 21.5. The number of carbonyl (C=O) groups excluding carboxylic acids is 1. The van der Waals surface area contributed by atoms with Gasteiger partial charge >= 0.3 is 0 Å². The summed E-state index contributed by atoms with van der Waals surface area (Å²) in [7, 11) is -6.25. The maximum Gasteiger partial charge on any atom is 0.248 e. The van der Waals surface area contributed by atoms with Gasteiger partial charge in [-0.05, 0) is 76.1 Å². The van der Waals surface area contributed by atoms with Gasteiger partial charge in [0.25, 0.3) is 0 Å². The molecule has 0 saturated carbocycles. The summed E-state index contributed by atoms with van der Waals surface area (Å²) in [6.45, 7) is 8.52. The smallest absolute Gasteiger partial charge is 0.248 e. The molecule has 2 aromatic rings. The van der Waals surface area contributed by atoms with E-state index in [0.29, 0.717) is 5.69 Å². The zero-order chi connectivity index (χ0) is 25.1. The number of methoxy groups -OCH3 is 1. The van der Waals surface area contributed by atoms with Gasteiger partial charge in [0.1, 0.15) is 11.8 Å². The highest BCUT2D eigenvalue weighted by Crippen LogP contribution is 2.29. The molecule has 33 heavy (non-hydrogen) atoms. The average Bonchev–Trinajstić information content (AvgIpc) is 2.65. The number of carbonyl (C=O) groups is 1. The second-order valence-corrected chi connectivity index (χ2v) is 11.8. The molecule has 0 aliphatic rings. The molecule has 0 radical (unpaired) electrons. The maximum atomic E-state index is 13.1. The molecular formula is C22H31N3O6S2. The van der Waals surface area contributed by atoms with Crippen LogP contribution < -0.4 is 19.1 Å². The van der Waals surface area contributed by atoms with E-state index in [0.717, 1.165) is 21.7 Å². The molecule has 0 unspecified atom stereocenters. The lowest BCUT2D eigenvalue weighted by atomic mass is 10.1. The van der Waals surface area contributed by atoms with E-state index in [1.165, 1.54) is 32.2 Å². The van der Waals surface area contributed by atoms with Gasteiger partial charge < -0.3 is 10.1 Å². The van der Waals surface area contributed by atoms with E-state index in [1.807, 2.05) is 19.9 Å². The number of nitrogens with one attached hydrogen (secondary N) is 2. The van der Waals surface area contributed by atoms with Crippen LogP contribution in [0.1, 0.15) is 31.9 Å². The highest BCUT2D eigenvalue weighted by Gasteiger charge is 2.30. The maximum absolute atomic E-state index is 13.1. The third-order valence-corrected chi connectivity index (χ3v) is 7.58. The summed E-state index contributed by atoms with van der Waals surface area (Å²) in [5.41, 5.74) is 2.17. The first kappa shape index (κ1) is 26.6. The fraction of sp³-hybridized carbons (Fsp3) is 0.409. The molecule has 0 aromatic heterocycles. The van der Waals surface area contributed by atoms with E-state index < -0.39 is 32.0 Å². The Morgan fingerprint density at radius 2 is 1.55 bits per heavy atom. The van der Waals surface area contributed by atoms with Crippen LogP contribution in [0.3, 0.4) is 0 Å². The van der Waals surface area contributed by atoms with Crippen molar-refractivity contribution in [1.29, 1.82) is 0 Å². The lowest BCUT2D eigenvalue weighted by molar-refractivity contribution is -0.116. The Hall–Kier alpha value is -2.63. The predicted octanol–water partition coefficient (Wildman–Crippen LogP) is 2.79. The predicted molar refractivity (Wildman–Crippen MR) is 130 cm³/mol. The number of hydrogen-bond donors (Lipinski definition) is 2. The number of ether oxygens (including phenoxy) is 1. The molecule has 2 aromatic carbocycles. The summed E-state index contributed by atoms with van der Waals surface area (Å²) in [5.74, 6) is -0.416. The number of aryl methyl sites for hydroxylation is 2. The molecule has 182 valence electrons. The van der Waals surface area contributed by atoms with Gasteiger partial charge in [-0.3, -0.25) is 9.10 Å². The van der Waals surface area contributed by atoms with Gasteiger partial charge in [0, 0.05) is 6.04 Å². The number of anilines is 2. The lowest BCUT2D eigenvalue weighted by Gasteiger charge is -2.29. The van der Waals surface area contributed by atoms with Crippen molar-refractivity contribution in [3.8, 4) is 5.75 Å². The van der Waals surface area contributed by atoms with Gasteiger partial charge in [0.15, 0.2) is 0 Å². The van der Waals surface area contributed by atoms with Crippen molar-refractivity contribution < 1.29 is 26.4 Å². The molecule has 2 rings (SSSR count). The Labute approximate surface area is 196 Å². The first-order valence-corrected chi connectivity index (χ1v) is 13.6. The highest BCUT2D eigenvalue weighted by atomic mass is 32.2. The van der Waals surface area contributed by atoms with Crippen LogP contribution in [0.4, 0.5) is 11.4 Å². The summed E-state index contributed by atoms with van der Waals surface area (Å²) >= 11 is 0. The second-order valence-electron chi connectivity index (χ2n) is 8.21. The first-order chi connectivity index (χ1) is 15.2. The summed E-state index contributed by atoms with van der Waals surface area (Å²) in [4.78, 5) is 13.1. The van der Waals surface area contributed by atoms with Crippen LogP contribution in [0.25, 0.3) is 0 Å². The van der Waals surface area contributed by atoms with Crippen LogP contribution >= 0.6 is 0 Å². The lowest BCUT2D eigenvalue weighted by Crippen LogP contribution is -2.45. The normalized spacial score (nSPS) is 13.0. The Kier molecular flexibility index (Phi) is 8.15. The summed E-state index contributed by atoms with van der Waals surface area (Å²) in [5, 5.41) is 2.62. The van der Waals surface area contributed by atoms with E-state index >= 15 is 0 Å². The van der Waals surface area contributed by atoms with Crippen LogP contribution in [0.2, 0.25) is 0 Å². The second kappa shape index (κ2) is 10.1. The average molecular weight is 498 g/mol. The van der Waals surface area contributed by atoms with Crippen LogP contribution in [0.5, 0.6) is 5.75 Å². The SMILES string of the molecule is COc1ccc(S(=O)(=O)NC(C)C)cc1NC(=O)[C@H](C)N(c1cc(C)cc(C)c1)S(C)(=O)=O. The summed E-state index contributed by atoms with van der Waals surface area (Å²) in [6, 6.07) is 7.88. The van der Waals surface area contributed by atoms with Crippen LogP contribution in [0.15, 0.2) is 41.3 Å². The molecule has 0 spiro atoms. The Morgan fingerprint density at radius 3 is 2.03 bits per heavy atom. The molecule has 9 nitrogen and oxygen atoms in total. The third kappa shape index (κ3) is 6.68. The van der Waals surface area contributed by atoms with E-state index in [4.69, 9.17) is 4.74 Å². The molecular weight excluding hydrogens is 466 g/mol. The quantitative estimate of drug-likeness (QED) is 0.549. The minimum atomic E-state index is -3.82. The monoisotopic (exact) mass is 497 g/mol. The van der Waals surface area contributed by atoms with Gasteiger partial charge in [0.2, 0.25) is 26.0 Å². The molecule has 0 aliphatic heterocycles. The van der Waals surface area contributed by atoms with E-state index in [9.17, 15) is 21.6 Å². The molecule has 1 amide bonds. The number of nitrogens with zero attached hydrogens (tertiary/aromatic N) is 1. The fourth-order valence-corrected chi connectivity index (χ4v) is 5.89. The van der Waals surface area contributed by atoms with Crippen molar-refractivity contribution in [1.82, 2.24) is 4.72 Å². The Balaban J connectivity index is 2.45. The standard InChI is InChI=1S/C22H31N3O6S2/c1-14(2)24-33(29,30)19-8-9-21(31-6)20(13-19)23-22(26)17(5)25(32(7,27)28)18-11-15(3)10-16(4)12-18/h8-14,17,24H,1-7H3,(H,23,26)/t17-/m0/s1. The van der Waals surface area contributed by atoms with Crippen molar-refractivity contribution in [3.05, 3.63) is 47.5 Å². The Morgan fingerprint density at radius 1 is 0.970 bits per heavy atom. The van der Waals surface area contributed by atoms with Gasteiger partial charge in [0.05, 0.1) is 29.6 Å². The van der Waals surface area contributed by atoms with Crippen LogP contribution in [-0.4, -0.2) is 48.2 Å². The first-order valence-electron chi connectivity index (χ1n) is 10.2. The Bertz CT molecular complexity index is 1220. The molecule has 11 heteroatoms. The zero-order valence-electron chi connectivity index (χ0n) is 19.8. The van der Waals surface area contributed by atoms with Gasteiger partial charge in [-0.2, -0.15) is 0 Å². The molecule has 0 fully saturated rings. The number of hydrogen-bond acceptors (Lipinski definition) is 6. The number of benzene rings is 2. The van der Waals surface area contributed by atoms with Crippen molar-refractivity contribution >= 4 is 37.3 Å². The third-order valence-electron chi connectivity index (χ3n) is 4.68. The van der Waals surface area contributed by atoms with Gasteiger partial charge in [-0.15, -0.1) is 0 Å². The summed E-state index contributed by atoms with van der Waals surface area (Å²) in [6.07, 6.45) is 1.03. The highest BCUT2D eigenvalue weighted by molar-refractivity contribution is 7.92. The number of sulfonamides is 2. The van der Waals surface area contributed by atoms with E-state index in [2.05, 4.69) is 10.0 Å². The topological polar surface area (TPSA) is 122 Å². The minimum Gasteiger partial charge on any atom is -0.495 e. The molecule has 1 atom stereocenters. The molecule has 0 saturated heterocycles. The fourth-order valence-electron chi connectivity index (χ4n) is 3.45. The molecule has 0 aliphatic carbocycles. The van der Waals surface area contributed by atoms with E-state index in [-0.39, 0.29) is 22.4 Å². The largest absolute Gasteiger partial charge is 0.495 e. The molecule has 0 bridgehead atoms. The number of rotatable bonds is 9. The van der Waals surface area contributed by atoms with Crippen molar-refractivity contribution in [2.24, 2.45) is 0 Å². The van der Waals surface area contributed by atoms with Gasteiger partial charge in [-0.25, -0.2) is 21.6 Å². The van der Waals surface area contributed by atoms with Crippen molar-refractivity contribution in [2.75, 3.05) is 23.0 Å². The minimum absolute atomic E-state index is 0.0609. The number of amides is 1. The molecule has 0 heterocycles. The van der Waals surface area contributed by atoms with Crippen molar-refractivity contribution in [3.63, 3.8) is 0 Å². The van der Waals surface area contributed by atoms with E-state index in [1.54, 1.807) is 26.0 Å². The van der Waals surface area contributed by atoms with Gasteiger partial charge in [-0.1, -0.05) is 6.07 Å². The van der Waals surface area contributed by atoms with Crippen LogP contribution in [-0.2, 0) is 24.8 Å².